The van der Waals surface area contributed by atoms with Crippen LogP contribution in [0.15, 0.2) is 41.0 Å². The van der Waals surface area contributed by atoms with Crippen LogP contribution in [0.1, 0.15) is 34.8 Å². The number of anilines is 2. The first kappa shape index (κ1) is 19.0. The van der Waals surface area contributed by atoms with E-state index in [1.54, 1.807) is 24.3 Å². The Hall–Kier alpha value is -2.80. The van der Waals surface area contributed by atoms with Gasteiger partial charge in [0.15, 0.2) is 5.76 Å². The van der Waals surface area contributed by atoms with Gasteiger partial charge in [0.1, 0.15) is 0 Å². The highest BCUT2D eigenvalue weighted by atomic mass is 16.5. The number of benzene rings is 1. The van der Waals surface area contributed by atoms with Crippen LogP contribution in [0.25, 0.3) is 0 Å². The van der Waals surface area contributed by atoms with E-state index in [4.69, 9.17) is 9.15 Å². The van der Waals surface area contributed by atoms with Crippen molar-refractivity contribution >= 4 is 23.3 Å². The first-order chi connectivity index (χ1) is 13.0. The minimum absolute atomic E-state index is 0.217. The largest absolute Gasteiger partial charge is 0.465 e. The third-order valence-corrected chi connectivity index (χ3v) is 4.80. The molecule has 0 radical (unpaired) electrons. The first-order valence-electron chi connectivity index (χ1n) is 9.06. The number of piperazine rings is 1. The number of methoxy groups -OCH3 is 1. The molecule has 7 heteroatoms. The van der Waals surface area contributed by atoms with E-state index < -0.39 is 5.97 Å². The number of hydrogen-bond acceptors (Lipinski definition) is 6. The van der Waals surface area contributed by atoms with Gasteiger partial charge in [0.25, 0.3) is 5.91 Å². The van der Waals surface area contributed by atoms with Crippen LogP contribution in [-0.2, 0) is 4.74 Å². The van der Waals surface area contributed by atoms with Crippen molar-refractivity contribution in [3.8, 4) is 0 Å². The zero-order valence-corrected chi connectivity index (χ0v) is 15.9. The van der Waals surface area contributed by atoms with Crippen LogP contribution in [-0.4, -0.2) is 56.1 Å². The highest BCUT2D eigenvalue weighted by Crippen LogP contribution is 2.29. The lowest BCUT2D eigenvalue weighted by atomic mass is 10.1. The predicted octanol–water partition coefficient (Wildman–Crippen LogP) is 2.85. The van der Waals surface area contributed by atoms with Crippen LogP contribution in [0.3, 0.4) is 0 Å². The molecule has 0 bridgehead atoms. The molecule has 1 aromatic carbocycles. The molecule has 0 atom stereocenters. The second-order valence-electron chi connectivity index (χ2n) is 6.77. The average Bonchev–Trinajstić information content (AvgIpc) is 3.22. The number of furan rings is 1. The van der Waals surface area contributed by atoms with Gasteiger partial charge in [0.05, 0.1) is 30.3 Å². The SMILES string of the molecule is COC(=O)c1ccc(N2CCN(C(C)C)CC2)c(NC(=O)c2ccco2)c1. The van der Waals surface area contributed by atoms with Crippen LogP contribution in [0.4, 0.5) is 11.4 Å². The molecule has 0 saturated carbocycles. The van der Waals surface area contributed by atoms with Gasteiger partial charge in [-0.25, -0.2) is 4.79 Å². The van der Waals surface area contributed by atoms with Crippen LogP contribution in [0.2, 0.25) is 0 Å². The van der Waals surface area contributed by atoms with Gasteiger partial charge in [-0.3, -0.25) is 9.69 Å². The molecule has 1 fully saturated rings. The van der Waals surface area contributed by atoms with E-state index in [0.717, 1.165) is 31.9 Å². The Balaban J connectivity index is 1.86. The van der Waals surface area contributed by atoms with E-state index in [1.807, 2.05) is 6.07 Å². The molecule has 7 nitrogen and oxygen atoms in total. The van der Waals surface area contributed by atoms with Crippen LogP contribution < -0.4 is 10.2 Å². The molecule has 1 amide bonds. The zero-order chi connectivity index (χ0) is 19.4. The van der Waals surface area contributed by atoms with Crippen LogP contribution >= 0.6 is 0 Å². The number of ether oxygens (including phenoxy) is 1. The summed E-state index contributed by atoms with van der Waals surface area (Å²) < 4.78 is 9.97. The molecular weight excluding hydrogens is 346 g/mol. The van der Waals surface area contributed by atoms with E-state index in [1.165, 1.54) is 13.4 Å². The number of amides is 1. The summed E-state index contributed by atoms with van der Waals surface area (Å²) in [5.41, 5.74) is 1.83. The summed E-state index contributed by atoms with van der Waals surface area (Å²) in [6.45, 7) is 7.97. The highest BCUT2D eigenvalue weighted by molar-refractivity contribution is 6.05. The van der Waals surface area contributed by atoms with Gasteiger partial charge in [-0.15, -0.1) is 0 Å². The normalized spacial score (nSPS) is 15.0. The van der Waals surface area contributed by atoms with E-state index in [2.05, 4.69) is 29.0 Å². The third kappa shape index (κ3) is 4.31. The summed E-state index contributed by atoms with van der Waals surface area (Å²) >= 11 is 0. The Morgan fingerprint density at radius 2 is 1.89 bits per heavy atom. The molecule has 144 valence electrons. The summed E-state index contributed by atoms with van der Waals surface area (Å²) in [6.07, 6.45) is 1.45. The number of nitrogens with zero attached hydrogens (tertiary/aromatic N) is 2. The number of carbonyl (C=O) groups is 2. The molecule has 27 heavy (non-hydrogen) atoms. The van der Waals surface area contributed by atoms with E-state index >= 15 is 0 Å². The maximum absolute atomic E-state index is 12.5. The Morgan fingerprint density at radius 1 is 1.15 bits per heavy atom. The summed E-state index contributed by atoms with van der Waals surface area (Å²) in [7, 11) is 1.34. The lowest BCUT2D eigenvalue weighted by molar-refractivity contribution is 0.0600. The molecule has 0 spiro atoms. The summed E-state index contributed by atoms with van der Waals surface area (Å²) in [5, 5.41) is 2.87. The molecule has 1 saturated heterocycles. The van der Waals surface area contributed by atoms with Crippen molar-refractivity contribution in [3.63, 3.8) is 0 Å². The van der Waals surface area contributed by atoms with Gasteiger partial charge in [0.2, 0.25) is 0 Å². The quantitative estimate of drug-likeness (QED) is 0.815. The number of hydrogen-bond donors (Lipinski definition) is 1. The smallest absolute Gasteiger partial charge is 0.337 e. The van der Waals surface area contributed by atoms with Gasteiger partial charge in [-0.2, -0.15) is 0 Å². The summed E-state index contributed by atoms with van der Waals surface area (Å²) in [5.74, 6) is -0.585. The van der Waals surface area contributed by atoms with Crippen LogP contribution in [0, 0.1) is 0 Å². The average molecular weight is 371 g/mol. The maximum Gasteiger partial charge on any atom is 0.337 e. The van der Waals surface area contributed by atoms with Crippen molar-refractivity contribution in [3.05, 3.63) is 47.9 Å². The number of nitrogens with one attached hydrogen (secondary N) is 1. The maximum atomic E-state index is 12.5. The molecule has 3 rings (SSSR count). The van der Waals surface area contributed by atoms with Crippen LogP contribution in [0.5, 0.6) is 0 Å². The fourth-order valence-electron chi connectivity index (χ4n) is 3.23. The third-order valence-electron chi connectivity index (χ3n) is 4.80. The van der Waals surface area contributed by atoms with Crippen molar-refractivity contribution in [1.82, 2.24) is 4.90 Å². The highest BCUT2D eigenvalue weighted by Gasteiger charge is 2.23. The van der Waals surface area contributed by atoms with E-state index in [9.17, 15) is 9.59 Å². The number of rotatable bonds is 5. The van der Waals surface area contributed by atoms with Gasteiger partial charge >= 0.3 is 5.97 Å². The minimum Gasteiger partial charge on any atom is -0.465 e. The number of carbonyl (C=O) groups excluding carboxylic acids is 2. The lowest BCUT2D eigenvalue weighted by Gasteiger charge is -2.38. The summed E-state index contributed by atoms with van der Waals surface area (Å²) in [6, 6.07) is 8.99. The van der Waals surface area contributed by atoms with Gasteiger partial charge in [0, 0.05) is 32.2 Å². The molecule has 1 N–H and O–H groups in total. The fraction of sp³-hybridized carbons (Fsp3) is 0.400. The molecule has 1 aromatic heterocycles. The van der Waals surface area contributed by atoms with Gasteiger partial charge in [-0.1, -0.05) is 0 Å². The lowest BCUT2D eigenvalue weighted by Crippen LogP contribution is -2.49. The number of esters is 1. The van der Waals surface area contributed by atoms with Crippen molar-refractivity contribution in [2.24, 2.45) is 0 Å². The Kier molecular flexibility index (Phi) is 5.81. The Morgan fingerprint density at radius 3 is 2.48 bits per heavy atom. The fourth-order valence-corrected chi connectivity index (χ4v) is 3.23. The molecule has 1 aliphatic rings. The zero-order valence-electron chi connectivity index (χ0n) is 15.9. The topological polar surface area (TPSA) is 75.0 Å². The van der Waals surface area contributed by atoms with Crippen molar-refractivity contribution in [1.29, 1.82) is 0 Å². The first-order valence-corrected chi connectivity index (χ1v) is 9.06. The Bertz CT molecular complexity index is 794. The molecule has 1 aliphatic heterocycles. The second-order valence-corrected chi connectivity index (χ2v) is 6.77. The van der Waals surface area contributed by atoms with Gasteiger partial charge in [-0.05, 0) is 44.2 Å². The van der Waals surface area contributed by atoms with Crippen molar-refractivity contribution in [2.45, 2.75) is 19.9 Å². The van der Waals surface area contributed by atoms with Crippen molar-refractivity contribution in [2.75, 3.05) is 43.5 Å². The monoisotopic (exact) mass is 371 g/mol. The predicted molar refractivity (Wildman–Crippen MR) is 103 cm³/mol. The summed E-state index contributed by atoms with van der Waals surface area (Å²) in [4.78, 5) is 29.0. The molecule has 2 heterocycles. The second kappa shape index (κ2) is 8.26. The van der Waals surface area contributed by atoms with E-state index in [0.29, 0.717) is 17.3 Å². The standard InChI is InChI=1S/C20H25N3O4/c1-14(2)22-8-10-23(11-9-22)17-7-6-15(20(25)26-3)13-16(17)21-19(24)18-5-4-12-27-18/h4-7,12-14H,8-11H2,1-3H3,(H,21,24). The molecular formula is C20H25N3O4. The van der Waals surface area contributed by atoms with Gasteiger partial charge < -0.3 is 19.4 Å². The van der Waals surface area contributed by atoms with E-state index in [-0.39, 0.29) is 11.7 Å². The minimum atomic E-state index is -0.445. The molecule has 2 aromatic rings. The van der Waals surface area contributed by atoms with Crippen molar-refractivity contribution < 1.29 is 18.7 Å². The molecule has 0 aliphatic carbocycles. The molecule has 0 unspecified atom stereocenters. The Labute approximate surface area is 158 Å².